The SMILES string of the molecule is CCC(C)(OC)C(O)Cc1cc(Br)ccc1F. The van der Waals surface area contributed by atoms with Gasteiger partial charge < -0.3 is 9.84 Å². The highest BCUT2D eigenvalue weighted by molar-refractivity contribution is 9.10. The van der Waals surface area contributed by atoms with E-state index in [0.717, 1.165) is 4.47 Å². The molecule has 2 unspecified atom stereocenters. The van der Waals surface area contributed by atoms with Crippen molar-refractivity contribution < 1.29 is 14.2 Å². The molecule has 0 heterocycles. The maximum Gasteiger partial charge on any atom is 0.126 e. The number of ether oxygens (including phenoxy) is 1. The van der Waals surface area contributed by atoms with Gasteiger partial charge in [0.15, 0.2) is 0 Å². The summed E-state index contributed by atoms with van der Waals surface area (Å²) in [5.74, 6) is -0.304. The van der Waals surface area contributed by atoms with E-state index in [1.807, 2.05) is 13.8 Å². The third-order valence-corrected chi connectivity index (χ3v) is 3.79. The molecule has 0 spiro atoms. The van der Waals surface area contributed by atoms with Crippen molar-refractivity contribution in [2.45, 2.75) is 38.4 Å². The Morgan fingerprint density at radius 2 is 2.18 bits per heavy atom. The molecule has 2 nitrogen and oxygen atoms in total. The van der Waals surface area contributed by atoms with Gasteiger partial charge >= 0.3 is 0 Å². The molecule has 2 atom stereocenters. The van der Waals surface area contributed by atoms with E-state index >= 15 is 0 Å². The van der Waals surface area contributed by atoms with E-state index in [-0.39, 0.29) is 12.2 Å². The number of aliphatic hydroxyl groups is 1. The van der Waals surface area contributed by atoms with Gasteiger partial charge in [0.05, 0.1) is 11.7 Å². The average molecular weight is 305 g/mol. The number of aliphatic hydroxyl groups excluding tert-OH is 1. The Labute approximate surface area is 110 Å². The van der Waals surface area contributed by atoms with Crippen molar-refractivity contribution >= 4 is 15.9 Å². The van der Waals surface area contributed by atoms with Crippen LogP contribution in [0.15, 0.2) is 22.7 Å². The number of rotatable bonds is 5. The minimum absolute atomic E-state index is 0.240. The smallest absolute Gasteiger partial charge is 0.126 e. The summed E-state index contributed by atoms with van der Waals surface area (Å²) in [6.07, 6.45) is 0.172. The topological polar surface area (TPSA) is 29.5 Å². The van der Waals surface area contributed by atoms with Crippen molar-refractivity contribution in [2.24, 2.45) is 0 Å². The molecule has 96 valence electrons. The van der Waals surface area contributed by atoms with Crippen LogP contribution in [0.1, 0.15) is 25.8 Å². The first-order chi connectivity index (χ1) is 7.92. The van der Waals surface area contributed by atoms with Crippen LogP contribution in [0.5, 0.6) is 0 Å². The summed E-state index contributed by atoms with van der Waals surface area (Å²) >= 11 is 3.29. The fourth-order valence-corrected chi connectivity index (χ4v) is 2.05. The summed E-state index contributed by atoms with van der Waals surface area (Å²) < 4.78 is 19.7. The summed E-state index contributed by atoms with van der Waals surface area (Å²) in [5.41, 5.74) is -0.155. The maximum absolute atomic E-state index is 13.6. The number of benzene rings is 1. The lowest BCUT2D eigenvalue weighted by molar-refractivity contribution is -0.0916. The first-order valence-corrected chi connectivity index (χ1v) is 6.39. The molecule has 0 amide bonds. The lowest BCUT2D eigenvalue weighted by atomic mass is 9.90. The molecule has 0 aromatic heterocycles. The van der Waals surface area contributed by atoms with Gasteiger partial charge in [0.2, 0.25) is 0 Å². The molecular formula is C13H18BrFO2. The van der Waals surface area contributed by atoms with Gasteiger partial charge in [0, 0.05) is 18.0 Å². The number of hydrogen-bond acceptors (Lipinski definition) is 2. The van der Waals surface area contributed by atoms with Crippen molar-refractivity contribution in [2.75, 3.05) is 7.11 Å². The maximum atomic E-state index is 13.6. The van der Waals surface area contributed by atoms with Crippen LogP contribution in [0.2, 0.25) is 0 Å². The van der Waals surface area contributed by atoms with Crippen molar-refractivity contribution in [1.82, 2.24) is 0 Å². The van der Waals surface area contributed by atoms with E-state index in [1.54, 1.807) is 19.2 Å². The Balaban J connectivity index is 2.87. The van der Waals surface area contributed by atoms with Gasteiger partial charge in [-0.2, -0.15) is 0 Å². The minimum Gasteiger partial charge on any atom is -0.390 e. The second kappa shape index (κ2) is 5.94. The third kappa shape index (κ3) is 3.50. The Hall–Kier alpha value is -0.450. The minimum atomic E-state index is -0.735. The molecule has 0 saturated heterocycles. The zero-order valence-corrected chi connectivity index (χ0v) is 11.9. The highest BCUT2D eigenvalue weighted by Gasteiger charge is 2.31. The van der Waals surface area contributed by atoms with Crippen LogP contribution in [0, 0.1) is 5.82 Å². The molecule has 1 N–H and O–H groups in total. The fourth-order valence-electron chi connectivity index (χ4n) is 1.64. The van der Waals surface area contributed by atoms with Gasteiger partial charge in [-0.05, 0) is 37.1 Å². The standard InChI is InChI=1S/C13H18BrFO2/c1-4-13(2,17-3)12(16)8-9-7-10(14)5-6-11(9)15/h5-7,12,16H,4,8H2,1-3H3. The fraction of sp³-hybridized carbons (Fsp3) is 0.538. The summed E-state index contributed by atoms with van der Waals surface area (Å²) in [6.45, 7) is 3.76. The van der Waals surface area contributed by atoms with Gasteiger partial charge in [-0.3, -0.25) is 0 Å². The predicted octanol–water partition coefficient (Wildman–Crippen LogP) is 3.31. The highest BCUT2D eigenvalue weighted by Crippen LogP contribution is 2.24. The number of hydrogen-bond donors (Lipinski definition) is 1. The van der Waals surface area contributed by atoms with Gasteiger partial charge in [-0.25, -0.2) is 4.39 Å². The Morgan fingerprint density at radius 3 is 2.71 bits per heavy atom. The number of methoxy groups -OCH3 is 1. The van der Waals surface area contributed by atoms with Crippen LogP contribution in [-0.2, 0) is 11.2 Å². The van der Waals surface area contributed by atoms with Crippen LogP contribution < -0.4 is 0 Å². The normalized spacial score (nSPS) is 16.6. The first-order valence-electron chi connectivity index (χ1n) is 5.60. The second-order valence-corrected chi connectivity index (χ2v) is 5.24. The van der Waals surface area contributed by atoms with Gasteiger partial charge in [0.1, 0.15) is 5.82 Å². The molecule has 4 heteroatoms. The van der Waals surface area contributed by atoms with Crippen molar-refractivity contribution in [3.63, 3.8) is 0 Å². The van der Waals surface area contributed by atoms with Gasteiger partial charge in [0.25, 0.3) is 0 Å². The first kappa shape index (κ1) is 14.6. The second-order valence-electron chi connectivity index (χ2n) is 4.33. The van der Waals surface area contributed by atoms with E-state index in [9.17, 15) is 9.50 Å². The summed E-state index contributed by atoms with van der Waals surface area (Å²) in [4.78, 5) is 0. The largest absolute Gasteiger partial charge is 0.390 e. The Kier molecular flexibility index (Phi) is 5.10. The summed E-state index contributed by atoms with van der Waals surface area (Å²) in [6, 6.07) is 4.72. The van der Waals surface area contributed by atoms with E-state index in [4.69, 9.17) is 4.74 Å². The van der Waals surface area contributed by atoms with E-state index in [1.165, 1.54) is 6.07 Å². The lowest BCUT2D eigenvalue weighted by Crippen LogP contribution is -2.42. The molecule has 1 rings (SSSR count). The summed E-state index contributed by atoms with van der Waals surface area (Å²) in [7, 11) is 1.56. The lowest BCUT2D eigenvalue weighted by Gasteiger charge is -2.32. The van der Waals surface area contributed by atoms with Crippen LogP contribution >= 0.6 is 15.9 Å². The number of halogens is 2. The van der Waals surface area contributed by atoms with Crippen LogP contribution in [0.4, 0.5) is 4.39 Å². The Morgan fingerprint density at radius 1 is 1.53 bits per heavy atom. The molecule has 0 aliphatic heterocycles. The summed E-state index contributed by atoms with van der Waals surface area (Å²) in [5, 5.41) is 10.1. The molecule has 1 aromatic carbocycles. The third-order valence-electron chi connectivity index (χ3n) is 3.29. The molecule has 0 saturated carbocycles. The molecule has 17 heavy (non-hydrogen) atoms. The van der Waals surface area contributed by atoms with Crippen LogP contribution in [-0.4, -0.2) is 23.9 Å². The van der Waals surface area contributed by atoms with Gasteiger partial charge in [-0.1, -0.05) is 22.9 Å². The molecular weight excluding hydrogens is 287 g/mol. The van der Waals surface area contributed by atoms with E-state index in [0.29, 0.717) is 12.0 Å². The molecule has 0 fully saturated rings. The predicted molar refractivity (Wildman–Crippen MR) is 69.5 cm³/mol. The van der Waals surface area contributed by atoms with E-state index in [2.05, 4.69) is 15.9 Å². The molecule has 0 aliphatic carbocycles. The molecule has 0 aliphatic rings. The average Bonchev–Trinajstić information content (AvgIpc) is 2.32. The van der Waals surface area contributed by atoms with Crippen molar-refractivity contribution in [1.29, 1.82) is 0 Å². The monoisotopic (exact) mass is 304 g/mol. The highest BCUT2D eigenvalue weighted by atomic mass is 79.9. The van der Waals surface area contributed by atoms with Crippen LogP contribution in [0.3, 0.4) is 0 Å². The Bertz CT molecular complexity index is 378. The van der Waals surface area contributed by atoms with Gasteiger partial charge in [-0.15, -0.1) is 0 Å². The zero-order valence-electron chi connectivity index (χ0n) is 10.3. The molecule has 0 bridgehead atoms. The quantitative estimate of drug-likeness (QED) is 0.904. The zero-order chi connectivity index (χ0) is 13.1. The van der Waals surface area contributed by atoms with Crippen LogP contribution in [0.25, 0.3) is 0 Å². The molecule has 0 radical (unpaired) electrons. The van der Waals surface area contributed by atoms with E-state index < -0.39 is 11.7 Å². The molecule has 1 aromatic rings. The van der Waals surface area contributed by atoms with Crippen molar-refractivity contribution in [3.8, 4) is 0 Å². The van der Waals surface area contributed by atoms with Crippen molar-refractivity contribution in [3.05, 3.63) is 34.1 Å².